The van der Waals surface area contributed by atoms with E-state index >= 15 is 0 Å². The van der Waals surface area contributed by atoms with Crippen LogP contribution in [0, 0.1) is 12.7 Å². The highest BCUT2D eigenvalue weighted by molar-refractivity contribution is 6.04. The first-order valence-electron chi connectivity index (χ1n) is 8.48. The van der Waals surface area contributed by atoms with Crippen molar-refractivity contribution in [3.05, 3.63) is 53.9 Å². The summed E-state index contributed by atoms with van der Waals surface area (Å²) in [7, 11) is 0. The number of carbonyl (C=O) groups excluding carboxylic acids is 1. The minimum atomic E-state index is -0.483. The Hall–Kier alpha value is -2.42. The van der Waals surface area contributed by atoms with Crippen LogP contribution < -0.4 is 15.5 Å². The van der Waals surface area contributed by atoms with Crippen molar-refractivity contribution in [2.45, 2.75) is 6.92 Å². The number of pyridine rings is 2. The van der Waals surface area contributed by atoms with Crippen LogP contribution in [-0.2, 0) is 0 Å². The normalized spacial score (nSPS) is 13.6. The number of carbonyl (C=O) groups is 1. The van der Waals surface area contributed by atoms with Crippen LogP contribution >= 0.6 is 24.8 Å². The van der Waals surface area contributed by atoms with E-state index in [1.807, 2.05) is 6.07 Å². The van der Waals surface area contributed by atoms with Gasteiger partial charge in [0.1, 0.15) is 5.82 Å². The predicted octanol–water partition coefficient (Wildman–Crippen LogP) is 2.68. The fraction of sp³-hybridized carbons (Fsp3) is 0.278. The van der Waals surface area contributed by atoms with Gasteiger partial charge >= 0.3 is 0 Å². The smallest absolute Gasteiger partial charge is 0.257 e. The monoisotopic (exact) mass is 426 g/mol. The van der Waals surface area contributed by atoms with Gasteiger partial charge in [0.15, 0.2) is 11.5 Å². The van der Waals surface area contributed by atoms with E-state index in [9.17, 15) is 9.18 Å². The lowest BCUT2D eigenvalue weighted by molar-refractivity contribution is 0.102. The molecule has 4 rings (SSSR count). The number of amides is 1. The van der Waals surface area contributed by atoms with Crippen molar-refractivity contribution in [1.29, 1.82) is 0 Å². The first-order chi connectivity index (χ1) is 12.6. The van der Waals surface area contributed by atoms with Crippen LogP contribution in [0.3, 0.4) is 0 Å². The van der Waals surface area contributed by atoms with Gasteiger partial charge in [-0.1, -0.05) is 0 Å². The Morgan fingerprint density at radius 2 is 1.96 bits per heavy atom. The molecular weight excluding hydrogens is 406 g/mol. The number of halogens is 3. The maximum absolute atomic E-state index is 14.1. The molecule has 3 aromatic rings. The number of rotatable bonds is 3. The zero-order chi connectivity index (χ0) is 18.1. The Balaban J connectivity index is 0.00000140. The molecule has 2 N–H and O–H groups in total. The third-order valence-corrected chi connectivity index (χ3v) is 4.34. The van der Waals surface area contributed by atoms with Gasteiger partial charge in [-0.05, 0) is 19.1 Å². The van der Waals surface area contributed by atoms with E-state index in [1.54, 1.807) is 36.0 Å². The molecule has 0 atom stereocenters. The molecule has 10 heteroatoms. The lowest BCUT2D eigenvalue weighted by atomic mass is 10.2. The average Bonchev–Trinajstić information content (AvgIpc) is 3.03. The SMILES string of the molecule is Cc1cn2cc(NC(=O)c3ccc(N4CCNCC4)nc3)cc(F)c2n1.Cl.Cl. The van der Waals surface area contributed by atoms with E-state index in [1.165, 1.54) is 6.07 Å². The molecule has 150 valence electrons. The Morgan fingerprint density at radius 1 is 1.21 bits per heavy atom. The van der Waals surface area contributed by atoms with Gasteiger partial charge < -0.3 is 19.9 Å². The van der Waals surface area contributed by atoms with Crippen LogP contribution in [0.4, 0.5) is 15.9 Å². The van der Waals surface area contributed by atoms with Crippen molar-refractivity contribution in [3.8, 4) is 0 Å². The molecule has 0 bridgehead atoms. The molecule has 1 aliphatic heterocycles. The topological polar surface area (TPSA) is 74.6 Å². The average molecular weight is 427 g/mol. The zero-order valence-electron chi connectivity index (χ0n) is 15.2. The molecule has 1 aliphatic rings. The first-order valence-corrected chi connectivity index (χ1v) is 8.48. The maximum atomic E-state index is 14.1. The number of fused-ring (bicyclic) bond motifs is 1. The molecule has 0 aromatic carbocycles. The predicted molar refractivity (Wildman–Crippen MR) is 112 cm³/mol. The van der Waals surface area contributed by atoms with Gasteiger partial charge in [0.2, 0.25) is 0 Å². The van der Waals surface area contributed by atoms with Gasteiger partial charge in [0, 0.05) is 50.8 Å². The fourth-order valence-electron chi connectivity index (χ4n) is 3.05. The lowest BCUT2D eigenvalue weighted by Gasteiger charge is -2.28. The zero-order valence-corrected chi connectivity index (χ0v) is 16.8. The first kappa shape index (κ1) is 21.9. The van der Waals surface area contributed by atoms with Gasteiger partial charge in [-0.2, -0.15) is 0 Å². The summed E-state index contributed by atoms with van der Waals surface area (Å²) < 4.78 is 15.7. The van der Waals surface area contributed by atoms with E-state index in [4.69, 9.17) is 0 Å². The molecule has 0 unspecified atom stereocenters. The number of aromatic nitrogens is 3. The molecule has 1 fully saturated rings. The summed E-state index contributed by atoms with van der Waals surface area (Å²) in [6, 6.07) is 4.83. The van der Waals surface area contributed by atoms with Crippen LogP contribution in [0.25, 0.3) is 5.65 Å². The molecule has 3 aromatic heterocycles. The molecular formula is C18H21Cl2FN6O. The van der Waals surface area contributed by atoms with Gasteiger partial charge in [-0.15, -0.1) is 24.8 Å². The van der Waals surface area contributed by atoms with E-state index in [0.29, 0.717) is 16.9 Å². The largest absolute Gasteiger partial charge is 0.354 e. The number of nitrogens with zero attached hydrogens (tertiary/aromatic N) is 4. The number of imidazole rings is 1. The number of piperazine rings is 1. The summed E-state index contributed by atoms with van der Waals surface area (Å²) >= 11 is 0. The fourth-order valence-corrected chi connectivity index (χ4v) is 3.05. The highest BCUT2D eigenvalue weighted by atomic mass is 35.5. The van der Waals surface area contributed by atoms with E-state index in [-0.39, 0.29) is 36.4 Å². The van der Waals surface area contributed by atoms with Gasteiger partial charge in [0.05, 0.1) is 16.9 Å². The highest BCUT2D eigenvalue weighted by Gasteiger charge is 2.14. The minimum Gasteiger partial charge on any atom is -0.354 e. The molecule has 0 spiro atoms. The number of hydrogen-bond acceptors (Lipinski definition) is 5. The molecule has 0 saturated carbocycles. The van der Waals surface area contributed by atoms with Crippen molar-refractivity contribution in [2.24, 2.45) is 0 Å². The molecule has 4 heterocycles. The van der Waals surface area contributed by atoms with Gasteiger partial charge in [0.25, 0.3) is 5.91 Å². The third kappa shape index (κ3) is 4.52. The van der Waals surface area contributed by atoms with Crippen LogP contribution in [0.15, 0.2) is 36.8 Å². The number of nitrogens with one attached hydrogen (secondary N) is 2. The Labute approximate surface area is 174 Å². The second-order valence-electron chi connectivity index (χ2n) is 6.29. The van der Waals surface area contributed by atoms with Crippen LogP contribution in [-0.4, -0.2) is 46.5 Å². The molecule has 7 nitrogen and oxygen atoms in total. The summed E-state index contributed by atoms with van der Waals surface area (Å²) in [4.78, 5) is 23.1. The van der Waals surface area contributed by atoms with E-state index in [2.05, 4.69) is 25.5 Å². The van der Waals surface area contributed by atoms with E-state index < -0.39 is 5.82 Å². The van der Waals surface area contributed by atoms with Crippen molar-refractivity contribution in [3.63, 3.8) is 0 Å². The van der Waals surface area contributed by atoms with Crippen LogP contribution in [0.2, 0.25) is 0 Å². The molecule has 1 amide bonds. The maximum Gasteiger partial charge on any atom is 0.257 e. The van der Waals surface area contributed by atoms with Gasteiger partial charge in [-0.3, -0.25) is 4.79 Å². The summed E-state index contributed by atoms with van der Waals surface area (Å²) in [5.74, 6) is 0.0347. The number of hydrogen-bond donors (Lipinski definition) is 2. The van der Waals surface area contributed by atoms with Crippen molar-refractivity contribution >= 4 is 47.9 Å². The van der Waals surface area contributed by atoms with Crippen molar-refractivity contribution in [1.82, 2.24) is 19.7 Å². The quantitative estimate of drug-likeness (QED) is 0.673. The second-order valence-corrected chi connectivity index (χ2v) is 6.29. The Bertz CT molecular complexity index is 957. The molecule has 1 saturated heterocycles. The minimum absolute atomic E-state index is 0. The van der Waals surface area contributed by atoms with Crippen LogP contribution in [0.1, 0.15) is 16.1 Å². The van der Waals surface area contributed by atoms with Gasteiger partial charge in [-0.25, -0.2) is 14.4 Å². The standard InChI is InChI=1S/C18H19FN6O.2ClH/c1-12-10-25-11-14(8-15(19)17(25)22-12)23-18(26)13-2-3-16(21-9-13)24-6-4-20-5-7-24;;/h2-3,8-11,20H,4-7H2,1H3,(H,23,26);2*1H. The molecule has 0 radical (unpaired) electrons. The van der Waals surface area contributed by atoms with Crippen LogP contribution in [0.5, 0.6) is 0 Å². The van der Waals surface area contributed by atoms with Crippen molar-refractivity contribution < 1.29 is 9.18 Å². The third-order valence-electron chi connectivity index (χ3n) is 4.34. The highest BCUT2D eigenvalue weighted by Crippen LogP contribution is 2.17. The lowest BCUT2D eigenvalue weighted by Crippen LogP contribution is -2.43. The molecule has 28 heavy (non-hydrogen) atoms. The number of anilines is 2. The Kier molecular flexibility index (Phi) is 7.17. The Morgan fingerprint density at radius 3 is 2.64 bits per heavy atom. The van der Waals surface area contributed by atoms with E-state index in [0.717, 1.165) is 32.0 Å². The summed E-state index contributed by atoms with van der Waals surface area (Å²) in [5.41, 5.74) is 1.73. The molecule has 0 aliphatic carbocycles. The summed E-state index contributed by atoms with van der Waals surface area (Å²) in [5, 5.41) is 6.00. The summed E-state index contributed by atoms with van der Waals surface area (Å²) in [6.45, 7) is 5.41. The van der Waals surface area contributed by atoms with Crippen molar-refractivity contribution in [2.75, 3.05) is 36.4 Å². The second kappa shape index (κ2) is 9.18. The number of aryl methyl sites for hydroxylation is 1. The summed E-state index contributed by atoms with van der Waals surface area (Å²) in [6.07, 6.45) is 4.89.